The average Bonchev–Trinajstić information content (AvgIpc) is 2.83. The van der Waals surface area contributed by atoms with Gasteiger partial charge in [-0.1, -0.05) is 102 Å². The van der Waals surface area contributed by atoms with Crippen LogP contribution >= 0.6 is 0 Å². The molecule has 0 aliphatic carbocycles. The Morgan fingerprint density at radius 2 is 1.20 bits per heavy atom. The largest absolute Gasteiger partial charge is 0.481 e. The van der Waals surface area contributed by atoms with Crippen LogP contribution in [0.3, 0.4) is 0 Å². The Bertz CT molecular complexity index is 577. The number of hydrogen-bond acceptors (Lipinski definition) is 3. The van der Waals surface area contributed by atoms with Gasteiger partial charge in [-0.2, -0.15) is 0 Å². The molecule has 0 spiro atoms. The summed E-state index contributed by atoms with van der Waals surface area (Å²) in [6.07, 6.45) is 33.3. The van der Waals surface area contributed by atoms with Crippen molar-refractivity contribution in [3.05, 3.63) is 36.5 Å². The SMILES string of the molecule is CC/C=C\C/C=C\C/C=C\CCCCCCCCCC(=O)OC(CCCC)CCCCCC(=O)O. The number of ether oxygens (including phenoxy) is 1. The number of aliphatic carboxylic acids is 1. The molecule has 4 heteroatoms. The van der Waals surface area contributed by atoms with Crippen LogP contribution in [0.4, 0.5) is 0 Å². The zero-order chi connectivity index (χ0) is 25.8. The highest BCUT2D eigenvalue weighted by molar-refractivity contribution is 5.69. The van der Waals surface area contributed by atoms with E-state index < -0.39 is 5.97 Å². The monoisotopic (exact) mass is 490 g/mol. The van der Waals surface area contributed by atoms with Crippen LogP contribution in [0, 0.1) is 0 Å². The third-order valence-corrected chi connectivity index (χ3v) is 6.13. The second kappa shape index (κ2) is 26.8. The molecule has 202 valence electrons. The predicted octanol–water partition coefficient (Wildman–Crippen LogP) is 9.49. The zero-order valence-corrected chi connectivity index (χ0v) is 22.9. The molecule has 0 aromatic carbocycles. The third-order valence-electron chi connectivity index (χ3n) is 6.13. The van der Waals surface area contributed by atoms with E-state index in [2.05, 4.69) is 50.3 Å². The molecule has 0 rings (SSSR count). The highest BCUT2D eigenvalue weighted by Crippen LogP contribution is 2.16. The van der Waals surface area contributed by atoms with Crippen LogP contribution in [0.2, 0.25) is 0 Å². The quantitative estimate of drug-likeness (QED) is 0.0786. The van der Waals surface area contributed by atoms with E-state index in [0.29, 0.717) is 12.8 Å². The summed E-state index contributed by atoms with van der Waals surface area (Å²) in [5, 5.41) is 8.72. The molecule has 0 heterocycles. The first-order chi connectivity index (χ1) is 17.1. The fraction of sp³-hybridized carbons (Fsp3) is 0.742. The first-order valence-corrected chi connectivity index (χ1v) is 14.5. The van der Waals surface area contributed by atoms with Gasteiger partial charge in [0.1, 0.15) is 6.10 Å². The molecule has 0 radical (unpaired) electrons. The molecule has 35 heavy (non-hydrogen) atoms. The van der Waals surface area contributed by atoms with Crippen LogP contribution in [0.25, 0.3) is 0 Å². The van der Waals surface area contributed by atoms with E-state index in [0.717, 1.165) is 70.6 Å². The van der Waals surface area contributed by atoms with Gasteiger partial charge >= 0.3 is 11.9 Å². The Labute approximate surface area is 216 Å². The van der Waals surface area contributed by atoms with Gasteiger partial charge in [0.15, 0.2) is 0 Å². The number of carboxylic acid groups (broad SMARTS) is 1. The summed E-state index contributed by atoms with van der Waals surface area (Å²) in [4.78, 5) is 22.8. The minimum absolute atomic E-state index is 0.000277. The van der Waals surface area contributed by atoms with E-state index in [1.54, 1.807) is 0 Å². The summed E-state index contributed by atoms with van der Waals surface area (Å²) in [7, 11) is 0. The Morgan fingerprint density at radius 3 is 1.86 bits per heavy atom. The molecule has 1 unspecified atom stereocenters. The topological polar surface area (TPSA) is 63.6 Å². The van der Waals surface area contributed by atoms with Crippen LogP contribution in [0.1, 0.15) is 142 Å². The first-order valence-electron chi connectivity index (χ1n) is 14.5. The maximum atomic E-state index is 12.2. The maximum Gasteiger partial charge on any atom is 0.306 e. The normalized spacial score (nSPS) is 12.7. The van der Waals surface area contributed by atoms with Crippen molar-refractivity contribution in [2.45, 2.75) is 148 Å². The molecular formula is C31H54O4. The molecule has 4 nitrogen and oxygen atoms in total. The lowest BCUT2D eigenvalue weighted by molar-refractivity contribution is -0.150. The summed E-state index contributed by atoms with van der Waals surface area (Å²) in [5.74, 6) is -0.794. The molecular weight excluding hydrogens is 436 g/mol. The lowest BCUT2D eigenvalue weighted by Gasteiger charge is -2.17. The molecule has 0 fully saturated rings. The zero-order valence-electron chi connectivity index (χ0n) is 22.9. The molecule has 0 aromatic heterocycles. The van der Waals surface area contributed by atoms with Gasteiger partial charge < -0.3 is 9.84 Å². The smallest absolute Gasteiger partial charge is 0.306 e. The lowest BCUT2D eigenvalue weighted by atomic mass is 10.0. The number of carbonyl (C=O) groups excluding carboxylic acids is 1. The number of carboxylic acids is 1. The highest BCUT2D eigenvalue weighted by Gasteiger charge is 2.14. The van der Waals surface area contributed by atoms with Gasteiger partial charge in [-0.3, -0.25) is 9.59 Å². The molecule has 0 aliphatic heterocycles. The van der Waals surface area contributed by atoms with Crippen molar-refractivity contribution in [3.8, 4) is 0 Å². The van der Waals surface area contributed by atoms with Gasteiger partial charge in [-0.15, -0.1) is 0 Å². The van der Waals surface area contributed by atoms with E-state index in [1.807, 2.05) is 0 Å². The van der Waals surface area contributed by atoms with Crippen molar-refractivity contribution >= 4 is 11.9 Å². The van der Waals surface area contributed by atoms with Gasteiger partial charge in [0.25, 0.3) is 0 Å². The van der Waals surface area contributed by atoms with Gasteiger partial charge in [-0.05, 0) is 64.2 Å². The van der Waals surface area contributed by atoms with E-state index in [-0.39, 0.29) is 18.5 Å². The maximum absolute atomic E-state index is 12.2. The van der Waals surface area contributed by atoms with Crippen molar-refractivity contribution in [3.63, 3.8) is 0 Å². The molecule has 0 saturated carbocycles. The minimum Gasteiger partial charge on any atom is -0.481 e. The number of allylic oxidation sites excluding steroid dienone is 6. The van der Waals surface area contributed by atoms with E-state index in [4.69, 9.17) is 9.84 Å². The Hall–Kier alpha value is -1.84. The van der Waals surface area contributed by atoms with Crippen LogP contribution in [-0.4, -0.2) is 23.1 Å². The number of hydrogen-bond donors (Lipinski definition) is 1. The first kappa shape index (κ1) is 33.2. The Kier molecular flexibility index (Phi) is 25.4. The molecule has 0 amide bonds. The molecule has 1 atom stereocenters. The third kappa shape index (κ3) is 26.6. The Balaban J connectivity index is 3.67. The fourth-order valence-electron chi connectivity index (χ4n) is 4.01. The molecule has 0 aromatic rings. The average molecular weight is 491 g/mol. The molecule has 0 saturated heterocycles. The lowest BCUT2D eigenvalue weighted by Crippen LogP contribution is -2.18. The van der Waals surface area contributed by atoms with Crippen LogP contribution in [0.15, 0.2) is 36.5 Å². The number of carbonyl (C=O) groups is 2. The summed E-state index contributed by atoms with van der Waals surface area (Å²) < 4.78 is 5.74. The van der Waals surface area contributed by atoms with E-state index in [1.165, 1.54) is 38.5 Å². The van der Waals surface area contributed by atoms with Gasteiger partial charge in [0.2, 0.25) is 0 Å². The molecule has 0 aliphatic rings. The number of rotatable bonds is 25. The van der Waals surface area contributed by atoms with Crippen molar-refractivity contribution in [2.24, 2.45) is 0 Å². The number of esters is 1. The summed E-state index contributed by atoms with van der Waals surface area (Å²) >= 11 is 0. The van der Waals surface area contributed by atoms with Crippen LogP contribution in [0.5, 0.6) is 0 Å². The number of unbranched alkanes of at least 4 members (excludes halogenated alkanes) is 10. The van der Waals surface area contributed by atoms with Gasteiger partial charge in [0, 0.05) is 12.8 Å². The van der Waals surface area contributed by atoms with Crippen LogP contribution in [-0.2, 0) is 14.3 Å². The van der Waals surface area contributed by atoms with Crippen molar-refractivity contribution in [1.82, 2.24) is 0 Å². The predicted molar refractivity (Wildman–Crippen MR) is 149 cm³/mol. The molecule has 1 N–H and O–H groups in total. The highest BCUT2D eigenvalue weighted by atomic mass is 16.5. The minimum atomic E-state index is -0.735. The molecule has 0 bridgehead atoms. The fourth-order valence-corrected chi connectivity index (χ4v) is 4.01. The van der Waals surface area contributed by atoms with Crippen LogP contribution < -0.4 is 0 Å². The second-order valence-corrected chi connectivity index (χ2v) is 9.55. The van der Waals surface area contributed by atoms with E-state index >= 15 is 0 Å². The summed E-state index contributed by atoms with van der Waals surface area (Å²) in [6.45, 7) is 4.31. The van der Waals surface area contributed by atoms with Crippen molar-refractivity contribution in [1.29, 1.82) is 0 Å². The van der Waals surface area contributed by atoms with Crippen molar-refractivity contribution < 1.29 is 19.4 Å². The van der Waals surface area contributed by atoms with Crippen molar-refractivity contribution in [2.75, 3.05) is 0 Å². The Morgan fingerprint density at radius 1 is 0.657 bits per heavy atom. The second-order valence-electron chi connectivity index (χ2n) is 9.55. The standard InChI is InChI=1S/C31H54O4/c1-3-5-7-8-9-10-11-12-13-14-15-16-17-18-19-20-24-28-31(34)35-29(25-6-4-2)26-22-21-23-27-30(32)33/h5,7,9-10,12-13,29H,3-4,6,8,11,14-28H2,1-2H3,(H,32,33)/b7-5-,10-9-,13-12-. The summed E-state index contributed by atoms with van der Waals surface area (Å²) in [6, 6.07) is 0. The van der Waals surface area contributed by atoms with E-state index in [9.17, 15) is 9.59 Å². The van der Waals surface area contributed by atoms with Gasteiger partial charge in [0.05, 0.1) is 0 Å². The van der Waals surface area contributed by atoms with Gasteiger partial charge in [-0.25, -0.2) is 0 Å². The summed E-state index contributed by atoms with van der Waals surface area (Å²) in [5.41, 5.74) is 0.